The van der Waals surface area contributed by atoms with Crippen molar-refractivity contribution in [1.82, 2.24) is 4.90 Å². The summed E-state index contributed by atoms with van der Waals surface area (Å²) < 4.78 is 0. The number of nitrogens with two attached hydrogens (primary N) is 1. The van der Waals surface area contributed by atoms with Crippen LogP contribution in [0.5, 0.6) is 0 Å². The molecule has 1 amide bonds. The number of nitrogen functional groups attached to an aromatic ring is 1. The number of hydrogen-bond donors (Lipinski definition) is 2. The van der Waals surface area contributed by atoms with Crippen molar-refractivity contribution in [3.05, 3.63) is 33.9 Å². The van der Waals surface area contributed by atoms with Gasteiger partial charge in [0.1, 0.15) is 11.7 Å². The number of carboxylic acid groups (broad SMARTS) is 1. The van der Waals surface area contributed by atoms with Crippen molar-refractivity contribution in [2.24, 2.45) is 0 Å². The van der Waals surface area contributed by atoms with Crippen LogP contribution in [0.15, 0.2) is 18.2 Å². The van der Waals surface area contributed by atoms with Gasteiger partial charge in [-0.3, -0.25) is 14.9 Å². The van der Waals surface area contributed by atoms with Crippen molar-refractivity contribution in [3.63, 3.8) is 0 Å². The zero-order chi connectivity index (χ0) is 15.7. The summed E-state index contributed by atoms with van der Waals surface area (Å²) in [5, 5.41) is 20.0. The van der Waals surface area contributed by atoms with Crippen molar-refractivity contribution >= 4 is 23.3 Å². The first kappa shape index (κ1) is 14.8. The molecule has 0 aliphatic heterocycles. The maximum Gasteiger partial charge on any atom is 0.326 e. The Bertz CT molecular complexity index is 612. The molecule has 2 rings (SSSR count). The molecule has 1 unspecified atom stereocenters. The molecule has 1 atom stereocenters. The van der Waals surface area contributed by atoms with Crippen LogP contribution in [0.2, 0.25) is 0 Å². The molecule has 1 aliphatic rings. The maximum absolute atomic E-state index is 12.5. The second kappa shape index (κ2) is 5.39. The lowest BCUT2D eigenvalue weighted by molar-refractivity contribution is -0.383. The molecule has 1 aliphatic carbocycles. The normalized spacial score (nSPS) is 15.3. The van der Waals surface area contributed by atoms with Crippen LogP contribution in [0, 0.1) is 10.1 Å². The third kappa shape index (κ3) is 2.93. The Labute approximate surface area is 120 Å². The molecule has 0 heterocycles. The number of carbonyl (C=O) groups is 2. The van der Waals surface area contributed by atoms with E-state index in [4.69, 9.17) is 10.8 Å². The summed E-state index contributed by atoms with van der Waals surface area (Å²) in [6.45, 7) is 1.42. The molecule has 1 aromatic rings. The molecule has 1 fully saturated rings. The van der Waals surface area contributed by atoms with Gasteiger partial charge in [-0.05, 0) is 31.9 Å². The summed E-state index contributed by atoms with van der Waals surface area (Å²) in [6, 6.07) is 2.62. The molecule has 0 spiro atoms. The van der Waals surface area contributed by atoms with Gasteiger partial charge in [0.05, 0.1) is 4.92 Å². The van der Waals surface area contributed by atoms with E-state index in [9.17, 15) is 19.7 Å². The first-order chi connectivity index (χ1) is 9.82. The number of rotatable bonds is 5. The second-order valence-electron chi connectivity index (χ2n) is 4.99. The molecule has 1 aromatic carbocycles. The van der Waals surface area contributed by atoms with Crippen LogP contribution in [0.3, 0.4) is 0 Å². The fourth-order valence-corrected chi connectivity index (χ4v) is 2.11. The number of amides is 1. The lowest BCUT2D eigenvalue weighted by Gasteiger charge is -2.26. The average molecular weight is 293 g/mol. The zero-order valence-electron chi connectivity index (χ0n) is 11.4. The van der Waals surface area contributed by atoms with Crippen LogP contribution in [-0.4, -0.2) is 38.9 Å². The summed E-state index contributed by atoms with van der Waals surface area (Å²) in [4.78, 5) is 35.0. The summed E-state index contributed by atoms with van der Waals surface area (Å²) in [6.07, 6.45) is 1.47. The number of anilines is 1. The number of carboxylic acids is 1. The average Bonchev–Trinajstić information content (AvgIpc) is 3.23. The molecule has 0 saturated heterocycles. The molecule has 1 saturated carbocycles. The fraction of sp³-hybridized carbons (Fsp3) is 0.385. The molecule has 8 heteroatoms. The Morgan fingerprint density at radius 1 is 1.48 bits per heavy atom. The van der Waals surface area contributed by atoms with E-state index >= 15 is 0 Å². The third-order valence-electron chi connectivity index (χ3n) is 3.42. The molecule has 8 nitrogen and oxygen atoms in total. The minimum Gasteiger partial charge on any atom is -0.480 e. The summed E-state index contributed by atoms with van der Waals surface area (Å²) in [7, 11) is 0. The standard InChI is InChI=1S/C13H15N3O5/c1-7(13(18)19)15(9-3-4-9)12(17)8-2-5-10(14)11(6-8)16(20)21/h2,5-7,9H,3-4,14H2,1H3,(H,18,19). The van der Waals surface area contributed by atoms with Crippen molar-refractivity contribution in [3.8, 4) is 0 Å². The molecule has 0 bridgehead atoms. The lowest BCUT2D eigenvalue weighted by atomic mass is 10.1. The van der Waals surface area contributed by atoms with E-state index in [2.05, 4.69) is 0 Å². The Morgan fingerprint density at radius 2 is 2.10 bits per heavy atom. The largest absolute Gasteiger partial charge is 0.480 e. The van der Waals surface area contributed by atoms with E-state index < -0.39 is 22.8 Å². The SMILES string of the molecule is CC(C(=O)O)N(C(=O)c1ccc(N)c([N+](=O)[O-])c1)C1CC1. The van der Waals surface area contributed by atoms with Crippen LogP contribution < -0.4 is 5.73 Å². The monoisotopic (exact) mass is 293 g/mol. The smallest absolute Gasteiger partial charge is 0.326 e. The predicted octanol–water partition coefficient (Wildman–Crippen LogP) is 1.25. The number of nitrogens with zero attached hydrogens (tertiary/aromatic N) is 2. The first-order valence-electron chi connectivity index (χ1n) is 6.42. The molecular weight excluding hydrogens is 278 g/mol. The maximum atomic E-state index is 12.5. The second-order valence-corrected chi connectivity index (χ2v) is 4.99. The molecule has 21 heavy (non-hydrogen) atoms. The Hall–Kier alpha value is -2.64. The van der Waals surface area contributed by atoms with Gasteiger partial charge in [0.15, 0.2) is 0 Å². The zero-order valence-corrected chi connectivity index (χ0v) is 11.4. The van der Waals surface area contributed by atoms with Gasteiger partial charge in [-0.1, -0.05) is 0 Å². The van der Waals surface area contributed by atoms with Gasteiger partial charge in [-0.15, -0.1) is 0 Å². The first-order valence-corrected chi connectivity index (χ1v) is 6.42. The van der Waals surface area contributed by atoms with E-state index in [1.807, 2.05) is 0 Å². The van der Waals surface area contributed by atoms with Gasteiger partial charge >= 0.3 is 5.97 Å². The topological polar surface area (TPSA) is 127 Å². The molecule has 0 radical (unpaired) electrons. The number of benzene rings is 1. The van der Waals surface area contributed by atoms with E-state index in [-0.39, 0.29) is 23.0 Å². The lowest BCUT2D eigenvalue weighted by Crippen LogP contribution is -2.44. The van der Waals surface area contributed by atoms with Crippen LogP contribution in [0.4, 0.5) is 11.4 Å². The number of nitro groups is 1. The van der Waals surface area contributed by atoms with Gasteiger partial charge < -0.3 is 15.7 Å². The quantitative estimate of drug-likeness (QED) is 0.478. The van der Waals surface area contributed by atoms with Gasteiger partial charge in [0.25, 0.3) is 11.6 Å². The highest BCUT2D eigenvalue weighted by Gasteiger charge is 2.39. The highest BCUT2D eigenvalue weighted by Crippen LogP contribution is 2.31. The van der Waals surface area contributed by atoms with Crippen LogP contribution >= 0.6 is 0 Å². The van der Waals surface area contributed by atoms with E-state index in [0.29, 0.717) is 0 Å². The van der Waals surface area contributed by atoms with Gasteiger partial charge in [0.2, 0.25) is 0 Å². The molecule has 3 N–H and O–H groups in total. The molecular formula is C13H15N3O5. The van der Waals surface area contributed by atoms with Gasteiger partial charge in [-0.2, -0.15) is 0 Å². The van der Waals surface area contributed by atoms with Crippen LogP contribution in [0.25, 0.3) is 0 Å². The summed E-state index contributed by atoms with van der Waals surface area (Å²) in [5.41, 5.74) is 5.15. The Balaban J connectivity index is 2.35. The van der Waals surface area contributed by atoms with E-state index in [0.717, 1.165) is 18.9 Å². The number of nitro benzene ring substituents is 1. The summed E-state index contributed by atoms with van der Waals surface area (Å²) in [5.74, 6) is -1.64. The van der Waals surface area contributed by atoms with Gasteiger partial charge in [0, 0.05) is 17.7 Å². The minimum atomic E-state index is -1.11. The van der Waals surface area contributed by atoms with Crippen molar-refractivity contribution in [2.75, 3.05) is 5.73 Å². The number of aliphatic carboxylic acids is 1. The number of carbonyl (C=O) groups excluding carboxylic acids is 1. The van der Waals surface area contributed by atoms with Crippen molar-refractivity contribution < 1.29 is 19.6 Å². The van der Waals surface area contributed by atoms with E-state index in [1.54, 1.807) is 0 Å². The van der Waals surface area contributed by atoms with Crippen molar-refractivity contribution in [1.29, 1.82) is 0 Å². The van der Waals surface area contributed by atoms with Gasteiger partial charge in [-0.25, -0.2) is 4.79 Å². The Kier molecular flexibility index (Phi) is 3.79. The highest BCUT2D eigenvalue weighted by molar-refractivity contribution is 5.98. The van der Waals surface area contributed by atoms with E-state index in [1.165, 1.54) is 24.0 Å². The minimum absolute atomic E-state index is 0.0409. The fourth-order valence-electron chi connectivity index (χ4n) is 2.11. The third-order valence-corrected chi connectivity index (χ3v) is 3.42. The van der Waals surface area contributed by atoms with Crippen LogP contribution in [0.1, 0.15) is 30.1 Å². The van der Waals surface area contributed by atoms with Crippen molar-refractivity contribution in [2.45, 2.75) is 31.8 Å². The molecule has 112 valence electrons. The molecule has 0 aromatic heterocycles. The highest BCUT2D eigenvalue weighted by atomic mass is 16.6. The van der Waals surface area contributed by atoms with Crippen LogP contribution in [-0.2, 0) is 4.79 Å². The summed E-state index contributed by atoms with van der Waals surface area (Å²) >= 11 is 0. The number of hydrogen-bond acceptors (Lipinski definition) is 5. The Morgan fingerprint density at radius 3 is 2.57 bits per heavy atom. The predicted molar refractivity (Wildman–Crippen MR) is 73.8 cm³/mol.